The highest BCUT2D eigenvalue weighted by atomic mass is 16.3. The normalized spacial score (nSPS) is 37.3. The molecule has 2 fully saturated rings. The minimum atomic E-state index is -0.0570. The minimum absolute atomic E-state index is 0.0570. The number of likely N-dealkylation sites (N-methyl/N-ethyl adjacent to an activating group) is 1. The van der Waals surface area contributed by atoms with Crippen LogP contribution in [0.1, 0.15) is 25.7 Å². The van der Waals surface area contributed by atoms with Gasteiger partial charge in [-0.15, -0.1) is 0 Å². The quantitative estimate of drug-likeness (QED) is 0.666. The molecule has 0 aromatic heterocycles. The molecule has 1 heterocycles. The van der Waals surface area contributed by atoms with E-state index in [0.717, 1.165) is 19.5 Å². The highest BCUT2D eigenvalue weighted by Gasteiger charge is 2.30. The molecule has 14 heavy (non-hydrogen) atoms. The van der Waals surface area contributed by atoms with Crippen LogP contribution in [0.5, 0.6) is 0 Å². The average Bonchev–Trinajstić information content (AvgIpc) is 2.46. The Hall–Kier alpha value is -0.120. The summed E-state index contributed by atoms with van der Waals surface area (Å²) >= 11 is 0. The Morgan fingerprint density at radius 2 is 1.86 bits per heavy atom. The first-order valence-corrected chi connectivity index (χ1v) is 5.88. The van der Waals surface area contributed by atoms with Gasteiger partial charge in [0.25, 0.3) is 0 Å². The molecule has 1 aliphatic carbocycles. The third-order valence-corrected chi connectivity index (χ3v) is 3.67. The lowest BCUT2D eigenvalue weighted by molar-refractivity contribution is 0.0732. The van der Waals surface area contributed by atoms with Gasteiger partial charge >= 0.3 is 0 Å². The summed E-state index contributed by atoms with van der Waals surface area (Å²) in [5.74, 6) is 0. The summed E-state index contributed by atoms with van der Waals surface area (Å²) in [6, 6.07) is 0.460. The molecule has 3 nitrogen and oxygen atoms in total. The van der Waals surface area contributed by atoms with Crippen LogP contribution < -0.4 is 0 Å². The minimum Gasteiger partial charge on any atom is -0.391 e. The van der Waals surface area contributed by atoms with Crippen LogP contribution in [0.4, 0.5) is 0 Å². The Bertz CT molecular complexity index is 186. The number of rotatable bonds is 1. The van der Waals surface area contributed by atoms with E-state index in [2.05, 4.69) is 16.8 Å². The van der Waals surface area contributed by atoms with Crippen LogP contribution in [-0.2, 0) is 0 Å². The topological polar surface area (TPSA) is 26.7 Å². The molecule has 0 bridgehead atoms. The largest absolute Gasteiger partial charge is 0.391 e. The zero-order valence-corrected chi connectivity index (χ0v) is 9.15. The standard InChI is InChI=1S/C11H22N2O/c1-12-6-3-7-13(9-8-12)10-4-2-5-11(10)14/h10-11,14H,2-9H2,1H3. The third kappa shape index (κ3) is 2.27. The van der Waals surface area contributed by atoms with Gasteiger partial charge in [-0.3, -0.25) is 4.90 Å². The van der Waals surface area contributed by atoms with Crippen LogP contribution in [0.25, 0.3) is 0 Å². The maximum absolute atomic E-state index is 9.84. The van der Waals surface area contributed by atoms with Gasteiger partial charge < -0.3 is 10.0 Å². The molecule has 1 saturated carbocycles. The molecule has 1 saturated heterocycles. The average molecular weight is 198 g/mol. The van der Waals surface area contributed by atoms with E-state index in [1.165, 1.54) is 32.4 Å². The van der Waals surface area contributed by atoms with Crippen LogP contribution in [-0.4, -0.2) is 60.3 Å². The van der Waals surface area contributed by atoms with Crippen LogP contribution in [0.15, 0.2) is 0 Å². The Morgan fingerprint density at radius 1 is 1.00 bits per heavy atom. The SMILES string of the molecule is CN1CCCN(C2CCCC2O)CC1. The highest BCUT2D eigenvalue weighted by molar-refractivity contribution is 4.86. The van der Waals surface area contributed by atoms with E-state index in [-0.39, 0.29) is 6.10 Å². The molecule has 0 spiro atoms. The predicted octanol–water partition coefficient (Wildman–Crippen LogP) is 0.537. The zero-order valence-electron chi connectivity index (χ0n) is 9.15. The van der Waals surface area contributed by atoms with Crippen molar-refractivity contribution < 1.29 is 5.11 Å². The summed E-state index contributed by atoms with van der Waals surface area (Å²) in [6.45, 7) is 4.67. The lowest BCUT2D eigenvalue weighted by Gasteiger charge is -2.29. The lowest BCUT2D eigenvalue weighted by Crippen LogP contribution is -2.42. The highest BCUT2D eigenvalue weighted by Crippen LogP contribution is 2.24. The molecule has 0 aromatic rings. The summed E-state index contributed by atoms with van der Waals surface area (Å²) in [6.07, 6.45) is 4.61. The van der Waals surface area contributed by atoms with Gasteiger partial charge in [0.2, 0.25) is 0 Å². The van der Waals surface area contributed by atoms with Crippen molar-refractivity contribution in [2.45, 2.75) is 37.8 Å². The second-order valence-electron chi connectivity index (χ2n) is 4.76. The molecule has 82 valence electrons. The molecule has 0 aromatic carbocycles. The number of hydrogen-bond acceptors (Lipinski definition) is 3. The Morgan fingerprint density at radius 3 is 2.57 bits per heavy atom. The molecule has 2 aliphatic rings. The van der Waals surface area contributed by atoms with Gasteiger partial charge in [0, 0.05) is 19.1 Å². The van der Waals surface area contributed by atoms with Gasteiger partial charge in [0.1, 0.15) is 0 Å². The predicted molar refractivity (Wildman–Crippen MR) is 57.3 cm³/mol. The van der Waals surface area contributed by atoms with Crippen LogP contribution in [0, 0.1) is 0 Å². The van der Waals surface area contributed by atoms with Gasteiger partial charge in [0.15, 0.2) is 0 Å². The molecular weight excluding hydrogens is 176 g/mol. The van der Waals surface area contributed by atoms with Gasteiger partial charge in [0.05, 0.1) is 6.10 Å². The van der Waals surface area contributed by atoms with Crippen molar-refractivity contribution in [2.24, 2.45) is 0 Å². The molecule has 2 atom stereocenters. The molecule has 0 radical (unpaired) electrons. The van der Waals surface area contributed by atoms with Gasteiger partial charge in [-0.2, -0.15) is 0 Å². The maximum Gasteiger partial charge on any atom is 0.0695 e. The van der Waals surface area contributed by atoms with Gasteiger partial charge in [-0.25, -0.2) is 0 Å². The number of aliphatic hydroxyl groups excluding tert-OH is 1. The second kappa shape index (κ2) is 4.60. The van der Waals surface area contributed by atoms with Gasteiger partial charge in [-0.05, 0) is 45.8 Å². The van der Waals surface area contributed by atoms with Crippen molar-refractivity contribution in [3.05, 3.63) is 0 Å². The summed E-state index contributed by atoms with van der Waals surface area (Å²) in [4.78, 5) is 4.89. The molecule has 1 aliphatic heterocycles. The van der Waals surface area contributed by atoms with Crippen molar-refractivity contribution in [3.63, 3.8) is 0 Å². The summed E-state index contributed by atoms with van der Waals surface area (Å²) in [7, 11) is 2.19. The van der Waals surface area contributed by atoms with E-state index in [4.69, 9.17) is 0 Å². The first-order valence-electron chi connectivity index (χ1n) is 5.88. The van der Waals surface area contributed by atoms with Gasteiger partial charge in [-0.1, -0.05) is 0 Å². The fourth-order valence-electron chi connectivity index (χ4n) is 2.74. The maximum atomic E-state index is 9.84. The third-order valence-electron chi connectivity index (χ3n) is 3.67. The zero-order chi connectivity index (χ0) is 9.97. The molecule has 0 amide bonds. The molecular formula is C11H22N2O. The fourth-order valence-corrected chi connectivity index (χ4v) is 2.74. The summed E-state index contributed by atoms with van der Waals surface area (Å²) in [5, 5.41) is 9.84. The second-order valence-corrected chi connectivity index (χ2v) is 4.76. The van der Waals surface area contributed by atoms with Crippen molar-refractivity contribution >= 4 is 0 Å². The van der Waals surface area contributed by atoms with Crippen LogP contribution in [0.3, 0.4) is 0 Å². The van der Waals surface area contributed by atoms with E-state index < -0.39 is 0 Å². The smallest absolute Gasteiger partial charge is 0.0695 e. The van der Waals surface area contributed by atoms with Crippen molar-refractivity contribution in [1.29, 1.82) is 0 Å². The van der Waals surface area contributed by atoms with Crippen molar-refractivity contribution in [1.82, 2.24) is 9.80 Å². The van der Waals surface area contributed by atoms with Crippen molar-refractivity contribution in [2.75, 3.05) is 33.2 Å². The summed E-state index contributed by atoms with van der Waals surface area (Å²) < 4.78 is 0. The number of nitrogens with zero attached hydrogens (tertiary/aromatic N) is 2. The van der Waals surface area contributed by atoms with E-state index in [1.807, 2.05) is 0 Å². The van der Waals surface area contributed by atoms with Crippen LogP contribution in [0.2, 0.25) is 0 Å². The molecule has 2 unspecified atom stereocenters. The number of aliphatic hydroxyl groups is 1. The number of hydrogen-bond donors (Lipinski definition) is 1. The Kier molecular flexibility index (Phi) is 3.42. The molecule has 1 N–H and O–H groups in total. The Labute approximate surface area is 86.7 Å². The Balaban J connectivity index is 1.90. The van der Waals surface area contributed by atoms with E-state index in [9.17, 15) is 5.11 Å². The lowest BCUT2D eigenvalue weighted by atomic mass is 10.1. The molecule has 3 heteroatoms. The fraction of sp³-hybridized carbons (Fsp3) is 1.00. The molecule has 2 rings (SSSR count). The van der Waals surface area contributed by atoms with Crippen LogP contribution >= 0.6 is 0 Å². The van der Waals surface area contributed by atoms with E-state index in [1.54, 1.807) is 0 Å². The van der Waals surface area contributed by atoms with E-state index >= 15 is 0 Å². The monoisotopic (exact) mass is 198 g/mol. The van der Waals surface area contributed by atoms with E-state index in [0.29, 0.717) is 6.04 Å². The first kappa shape index (κ1) is 10.4. The van der Waals surface area contributed by atoms with Crippen molar-refractivity contribution in [3.8, 4) is 0 Å². The first-order chi connectivity index (χ1) is 6.77. The summed E-state index contributed by atoms with van der Waals surface area (Å²) in [5.41, 5.74) is 0.